The second-order valence-corrected chi connectivity index (χ2v) is 4.36. The van der Waals surface area contributed by atoms with E-state index in [0.717, 1.165) is 5.56 Å². The zero-order valence-electron chi connectivity index (χ0n) is 10.9. The first-order valence-electron chi connectivity index (χ1n) is 6.28. The van der Waals surface area contributed by atoms with Crippen LogP contribution in [0.2, 0.25) is 0 Å². The van der Waals surface area contributed by atoms with Crippen LogP contribution in [0, 0.1) is 0 Å². The van der Waals surface area contributed by atoms with Crippen LogP contribution >= 0.6 is 0 Å². The third-order valence-corrected chi connectivity index (χ3v) is 2.84. The Morgan fingerprint density at radius 2 is 1.95 bits per heavy atom. The van der Waals surface area contributed by atoms with E-state index >= 15 is 0 Å². The van der Waals surface area contributed by atoms with Crippen LogP contribution < -0.4 is 5.73 Å². The van der Waals surface area contributed by atoms with Gasteiger partial charge in [0.25, 0.3) is 0 Å². The van der Waals surface area contributed by atoms with Crippen LogP contribution in [0.5, 0.6) is 0 Å². The monoisotopic (exact) mass is 276 g/mol. The van der Waals surface area contributed by atoms with E-state index in [1.54, 1.807) is 19.3 Å². The van der Waals surface area contributed by atoms with E-state index in [1.165, 1.54) is 0 Å². The number of nitrogens with two attached hydrogens (primary N) is 1. The molecule has 2 atom stereocenters. The van der Waals surface area contributed by atoms with Gasteiger partial charge in [-0.3, -0.25) is 4.98 Å². The predicted molar refractivity (Wildman–Crippen MR) is 66.6 cm³/mol. The van der Waals surface area contributed by atoms with Crippen molar-refractivity contribution in [1.29, 1.82) is 0 Å². The van der Waals surface area contributed by atoms with Gasteiger partial charge in [0.15, 0.2) is 6.10 Å². The fourth-order valence-corrected chi connectivity index (χ4v) is 1.71. The molecule has 2 unspecified atom stereocenters. The number of aromatic nitrogens is 1. The molecule has 0 fully saturated rings. The number of halogens is 3. The van der Waals surface area contributed by atoms with Gasteiger partial charge in [0.1, 0.15) is 0 Å². The van der Waals surface area contributed by atoms with Crippen LogP contribution in [0.1, 0.15) is 25.3 Å². The maximum Gasteiger partial charge on any atom is 0.416 e. The van der Waals surface area contributed by atoms with E-state index in [-0.39, 0.29) is 13.0 Å². The van der Waals surface area contributed by atoms with Crippen LogP contribution in [-0.4, -0.2) is 29.9 Å². The van der Waals surface area contributed by atoms with Gasteiger partial charge in [-0.25, -0.2) is 0 Å². The molecule has 1 rings (SSSR count). The van der Waals surface area contributed by atoms with E-state index in [0.29, 0.717) is 12.8 Å². The normalized spacial score (nSPS) is 15.2. The number of nitrogens with zero attached hydrogens (tertiary/aromatic N) is 1. The van der Waals surface area contributed by atoms with Crippen molar-refractivity contribution >= 4 is 0 Å². The minimum atomic E-state index is -4.41. The zero-order valence-corrected chi connectivity index (χ0v) is 10.9. The molecule has 1 aromatic rings. The molecule has 6 heteroatoms. The highest BCUT2D eigenvalue weighted by molar-refractivity contribution is 5.09. The average Bonchev–Trinajstić information content (AvgIpc) is 2.37. The largest absolute Gasteiger partial charge is 0.416 e. The van der Waals surface area contributed by atoms with E-state index in [1.807, 2.05) is 12.1 Å². The van der Waals surface area contributed by atoms with Crippen LogP contribution in [-0.2, 0) is 11.2 Å². The molecule has 0 spiro atoms. The van der Waals surface area contributed by atoms with Crippen molar-refractivity contribution in [3.8, 4) is 0 Å². The van der Waals surface area contributed by atoms with Crippen LogP contribution in [0.25, 0.3) is 0 Å². The summed E-state index contributed by atoms with van der Waals surface area (Å²) in [5.74, 6) is 0. The second kappa shape index (κ2) is 7.45. The van der Waals surface area contributed by atoms with E-state index < -0.39 is 18.3 Å². The molecule has 0 saturated carbocycles. The Labute approximate surface area is 111 Å². The summed E-state index contributed by atoms with van der Waals surface area (Å²) in [5, 5.41) is 0. The molecule has 0 radical (unpaired) electrons. The molecule has 1 heterocycles. The summed E-state index contributed by atoms with van der Waals surface area (Å²) >= 11 is 0. The van der Waals surface area contributed by atoms with Gasteiger partial charge in [0.2, 0.25) is 0 Å². The number of alkyl halides is 3. The highest BCUT2D eigenvalue weighted by Gasteiger charge is 2.43. The molecular weight excluding hydrogens is 257 g/mol. The van der Waals surface area contributed by atoms with Crippen molar-refractivity contribution in [3.63, 3.8) is 0 Å². The number of hydrogen-bond acceptors (Lipinski definition) is 3. The van der Waals surface area contributed by atoms with Crippen LogP contribution in [0.4, 0.5) is 13.2 Å². The number of pyridine rings is 1. The van der Waals surface area contributed by atoms with Crippen molar-refractivity contribution in [3.05, 3.63) is 30.1 Å². The fraction of sp³-hybridized carbons (Fsp3) is 0.615. The van der Waals surface area contributed by atoms with Gasteiger partial charge in [-0.1, -0.05) is 6.92 Å². The maximum atomic E-state index is 12.7. The zero-order chi connectivity index (χ0) is 14.3. The standard InChI is InChI=1S/C13H19F3N2O/c1-2-11(17)12(13(14,15)16)19-9-3-4-10-5-7-18-8-6-10/h5-8,11-12H,2-4,9,17H2,1H3. The number of ether oxygens (including phenoxy) is 1. The highest BCUT2D eigenvalue weighted by atomic mass is 19.4. The Morgan fingerprint density at radius 1 is 1.32 bits per heavy atom. The van der Waals surface area contributed by atoms with Gasteiger partial charge in [-0.2, -0.15) is 13.2 Å². The minimum Gasteiger partial charge on any atom is -0.367 e. The quantitative estimate of drug-likeness (QED) is 0.779. The SMILES string of the molecule is CCC(N)C(OCCCc1ccncc1)C(F)(F)F. The summed E-state index contributed by atoms with van der Waals surface area (Å²) in [5.41, 5.74) is 6.47. The molecule has 0 aliphatic heterocycles. The van der Waals surface area contributed by atoms with Gasteiger partial charge in [0.05, 0.1) is 0 Å². The summed E-state index contributed by atoms with van der Waals surface area (Å²) in [7, 11) is 0. The lowest BCUT2D eigenvalue weighted by molar-refractivity contribution is -0.226. The van der Waals surface area contributed by atoms with Gasteiger partial charge in [0, 0.05) is 25.0 Å². The van der Waals surface area contributed by atoms with Crippen molar-refractivity contribution in [2.75, 3.05) is 6.61 Å². The van der Waals surface area contributed by atoms with E-state index in [4.69, 9.17) is 10.5 Å². The van der Waals surface area contributed by atoms with Gasteiger partial charge in [-0.15, -0.1) is 0 Å². The van der Waals surface area contributed by atoms with Crippen molar-refractivity contribution in [1.82, 2.24) is 4.98 Å². The fourth-order valence-electron chi connectivity index (χ4n) is 1.71. The van der Waals surface area contributed by atoms with Crippen molar-refractivity contribution in [2.24, 2.45) is 5.73 Å². The molecule has 2 N–H and O–H groups in total. The van der Waals surface area contributed by atoms with Crippen LogP contribution in [0.15, 0.2) is 24.5 Å². The van der Waals surface area contributed by atoms with E-state index in [9.17, 15) is 13.2 Å². The molecular formula is C13H19F3N2O. The molecule has 0 aromatic carbocycles. The molecule has 19 heavy (non-hydrogen) atoms. The molecule has 0 aliphatic rings. The molecule has 0 aliphatic carbocycles. The van der Waals surface area contributed by atoms with Gasteiger partial charge in [-0.05, 0) is 37.0 Å². The number of aryl methyl sites for hydroxylation is 1. The summed E-state index contributed by atoms with van der Waals surface area (Å²) in [6.07, 6.45) is -1.57. The summed E-state index contributed by atoms with van der Waals surface area (Å²) < 4.78 is 43.0. The smallest absolute Gasteiger partial charge is 0.367 e. The van der Waals surface area contributed by atoms with Gasteiger partial charge < -0.3 is 10.5 Å². The third kappa shape index (κ3) is 5.57. The Morgan fingerprint density at radius 3 is 2.47 bits per heavy atom. The molecule has 0 amide bonds. The van der Waals surface area contributed by atoms with E-state index in [2.05, 4.69) is 4.98 Å². The molecule has 0 bridgehead atoms. The minimum absolute atomic E-state index is 0.0419. The molecule has 3 nitrogen and oxygen atoms in total. The van der Waals surface area contributed by atoms with Crippen LogP contribution in [0.3, 0.4) is 0 Å². The van der Waals surface area contributed by atoms with Crippen molar-refractivity contribution < 1.29 is 17.9 Å². The lowest BCUT2D eigenvalue weighted by Crippen LogP contribution is -2.46. The average molecular weight is 276 g/mol. The first kappa shape index (κ1) is 15.9. The summed E-state index contributed by atoms with van der Waals surface area (Å²) in [4.78, 5) is 3.87. The molecule has 0 saturated heterocycles. The second-order valence-electron chi connectivity index (χ2n) is 4.36. The first-order chi connectivity index (χ1) is 8.95. The Kier molecular flexibility index (Phi) is 6.24. The number of hydrogen-bond donors (Lipinski definition) is 1. The first-order valence-corrected chi connectivity index (χ1v) is 6.28. The Bertz CT molecular complexity index is 357. The summed E-state index contributed by atoms with van der Waals surface area (Å²) in [6.45, 7) is 1.66. The maximum absolute atomic E-state index is 12.7. The lowest BCUT2D eigenvalue weighted by Gasteiger charge is -2.25. The Balaban J connectivity index is 2.37. The summed E-state index contributed by atoms with van der Waals surface area (Å²) in [6, 6.07) is 2.65. The highest BCUT2D eigenvalue weighted by Crippen LogP contribution is 2.26. The Hall–Kier alpha value is -1.14. The third-order valence-electron chi connectivity index (χ3n) is 2.84. The van der Waals surface area contributed by atoms with Crippen molar-refractivity contribution in [2.45, 2.75) is 44.5 Å². The lowest BCUT2D eigenvalue weighted by atomic mass is 10.1. The topological polar surface area (TPSA) is 48.1 Å². The molecule has 108 valence electrons. The van der Waals surface area contributed by atoms with Gasteiger partial charge >= 0.3 is 6.18 Å². The number of rotatable bonds is 7. The molecule has 1 aromatic heterocycles. The predicted octanol–water partition coefficient (Wildman–Crippen LogP) is 2.70.